The molecular formula is C24H16N8. The van der Waals surface area contributed by atoms with Crippen molar-refractivity contribution in [3.8, 4) is 6.07 Å². The van der Waals surface area contributed by atoms with Gasteiger partial charge in [0.2, 0.25) is 0 Å². The Kier molecular flexibility index (Phi) is 5.04. The van der Waals surface area contributed by atoms with Crippen LogP contribution in [0.2, 0.25) is 0 Å². The molecule has 0 atom stereocenters. The average Bonchev–Trinajstić information content (AvgIpc) is 2.89. The van der Waals surface area contributed by atoms with Gasteiger partial charge in [0.1, 0.15) is 17.5 Å². The summed E-state index contributed by atoms with van der Waals surface area (Å²) < 4.78 is 0. The van der Waals surface area contributed by atoms with E-state index in [9.17, 15) is 0 Å². The zero-order valence-corrected chi connectivity index (χ0v) is 16.8. The first-order valence-electron chi connectivity index (χ1n) is 9.82. The highest BCUT2D eigenvalue weighted by Crippen LogP contribution is 2.36. The van der Waals surface area contributed by atoms with Gasteiger partial charge in [-0.2, -0.15) is 10.4 Å². The summed E-state index contributed by atoms with van der Waals surface area (Å²) >= 11 is 0. The van der Waals surface area contributed by atoms with Crippen LogP contribution in [0.25, 0.3) is 17.0 Å². The highest BCUT2D eigenvalue weighted by Gasteiger charge is 2.26. The monoisotopic (exact) mass is 416 g/mol. The quantitative estimate of drug-likeness (QED) is 0.539. The SMILES string of the molecule is N#Cc1ccc(C2=C(c3ccncc3)N(c3ccccn3)NC(c3cccnn3)=C2)cn1. The van der Waals surface area contributed by atoms with Crippen molar-refractivity contribution in [2.24, 2.45) is 0 Å². The molecule has 0 aromatic carbocycles. The number of allylic oxidation sites excluding steroid dienone is 2. The Labute approximate surface area is 184 Å². The largest absolute Gasteiger partial charge is 0.290 e. The highest BCUT2D eigenvalue weighted by molar-refractivity contribution is 6.05. The van der Waals surface area contributed by atoms with Gasteiger partial charge in [-0.05, 0) is 54.6 Å². The molecule has 0 spiro atoms. The minimum atomic E-state index is 0.355. The summed E-state index contributed by atoms with van der Waals surface area (Å²) in [5, 5.41) is 19.4. The summed E-state index contributed by atoms with van der Waals surface area (Å²) in [7, 11) is 0. The first-order valence-corrected chi connectivity index (χ1v) is 9.82. The van der Waals surface area contributed by atoms with Crippen molar-refractivity contribution < 1.29 is 0 Å². The lowest BCUT2D eigenvalue weighted by molar-refractivity contribution is 0.867. The van der Waals surface area contributed by atoms with Gasteiger partial charge in [0, 0.05) is 47.7 Å². The zero-order chi connectivity index (χ0) is 21.8. The van der Waals surface area contributed by atoms with Crippen LogP contribution in [0.1, 0.15) is 22.5 Å². The number of aromatic nitrogens is 5. The van der Waals surface area contributed by atoms with Crippen LogP contribution in [0, 0.1) is 11.3 Å². The van der Waals surface area contributed by atoms with Gasteiger partial charge in [-0.25, -0.2) is 15.0 Å². The minimum absolute atomic E-state index is 0.355. The first kappa shape index (κ1) is 19.1. The van der Waals surface area contributed by atoms with E-state index >= 15 is 0 Å². The lowest BCUT2D eigenvalue weighted by Gasteiger charge is -2.34. The molecule has 0 amide bonds. The Balaban J connectivity index is 1.78. The lowest BCUT2D eigenvalue weighted by Crippen LogP contribution is -2.39. The van der Waals surface area contributed by atoms with Crippen molar-refractivity contribution in [1.29, 1.82) is 5.26 Å². The fourth-order valence-electron chi connectivity index (χ4n) is 3.41. The molecule has 5 rings (SSSR count). The average molecular weight is 416 g/mol. The summed E-state index contributed by atoms with van der Waals surface area (Å²) in [6.07, 6.45) is 10.6. The third-order valence-electron chi connectivity index (χ3n) is 4.87. The molecule has 1 N–H and O–H groups in total. The maximum absolute atomic E-state index is 9.17. The molecule has 0 fully saturated rings. The zero-order valence-electron chi connectivity index (χ0n) is 16.8. The number of rotatable bonds is 4. The van der Waals surface area contributed by atoms with Crippen LogP contribution < -0.4 is 10.4 Å². The summed E-state index contributed by atoms with van der Waals surface area (Å²) in [4.78, 5) is 13.0. The molecule has 0 radical (unpaired) electrons. The van der Waals surface area contributed by atoms with Crippen molar-refractivity contribution >= 4 is 22.8 Å². The maximum atomic E-state index is 9.17. The van der Waals surface area contributed by atoms with Gasteiger partial charge in [0.25, 0.3) is 0 Å². The number of hydrazine groups is 1. The van der Waals surface area contributed by atoms with Gasteiger partial charge in [-0.15, -0.1) is 5.10 Å². The molecule has 0 saturated heterocycles. The highest BCUT2D eigenvalue weighted by atomic mass is 15.5. The van der Waals surface area contributed by atoms with E-state index in [4.69, 9.17) is 5.26 Å². The number of hydrogen-bond donors (Lipinski definition) is 1. The number of nitriles is 1. The maximum Gasteiger partial charge on any atom is 0.151 e. The van der Waals surface area contributed by atoms with Crippen LogP contribution in [-0.2, 0) is 0 Å². The Morgan fingerprint density at radius 2 is 1.75 bits per heavy atom. The molecule has 32 heavy (non-hydrogen) atoms. The number of anilines is 1. The van der Waals surface area contributed by atoms with Crippen LogP contribution in [0.4, 0.5) is 5.82 Å². The molecule has 5 heterocycles. The predicted octanol–water partition coefficient (Wildman–Crippen LogP) is 3.47. The van der Waals surface area contributed by atoms with Gasteiger partial charge in [0.05, 0.1) is 11.4 Å². The topological polar surface area (TPSA) is 104 Å². The third-order valence-corrected chi connectivity index (χ3v) is 4.87. The minimum Gasteiger partial charge on any atom is -0.290 e. The molecule has 0 aliphatic carbocycles. The van der Waals surface area contributed by atoms with Crippen molar-refractivity contribution in [2.45, 2.75) is 0 Å². The van der Waals surface area contributed by atoms with Gasteiger partial charge < -0.3 is 0 Å². The number of nitrogens with zero attached hydrogens (tertiary/aromatic N) is 7. The van der Waals surface area contributed by atoms with E-state index in [1.54, 1.807) is 37.1 Å². The fraction of sp³-hybridized carbons (Fsp3) is 0. The Morgan fingerprint density at radius 1 is 0.844 bits per heavy atom. The molecule has 1 aliphatic heterocycles. The van der Waals surface area contributed by atoms with Crippen LogP contribution in [-0.4, -0.2) is 25.1 Å². The van der Waals surface area contributed by atoms with Gasteiger partial charge in [0.15, 0.2) is 5.82 Å². The lowest BCUT2D eigenvalue weighted by atomic mass is 9.97. The van der Waals surface area contributed by atoms with Crippen molar-refractivity contribution in [1.82, 2.24) is 30.6 Å². The first-order chi connectivity index (χ1) is 15.8. The van der Waals surface area contributed by atoms with Gasteiger partial charge in [-0.1, -0.05) is 6.07 Å². The van der Waals surface area contributed by atoms with Crippen molar-refractivity contribution in [3.05, 3.63) is 114 Å². The summed E-state index contributed by atoms with van der Waals surface area (Å²) in [5.74, 6) is 0.702. The summed E-state index contributed by atoms with van der Waals surface area (Å²) in [5.41, 5.74) is 8.76. The Hall–Kier alpha value is -4.90. The molecule has 0 saturated carbocycles. The van der Waals surface area contributed by atoms with Crippen molar-refractivity contribution in [2.75, 3.05) is 5.01 Å². The normalized spacial score (nSPS) is 13.2. The smallest absolute Gasteiger partial charge is 0.151 e. The second-order valence-electron chi connectivity index (χ2n) is 6.84. The van der Waals surface area contributed by atoms with E-state index in [1.807, 2.05) is 59.6 Å². The molecule has 8 heteroatoms. The summed E-state index contributed by atoms with van der Waals surface area (Å²) in [6.45, 7) is 0. The number of hydrogen-bond acceptors (Lipinski definition) is 8. The van der Waals surface area contributed by atoms with E-state index in [1.165, 1.54) is 0 Å². The van der Waals surface area contributed by atoms with E-state index in [0.29, 0.717) is 17.2 Å². The Morgan fingerprint density at radius 3 is 2.44 bits per heavy atom. The van der Waals surface area contributed by atoms with Gasteiger partial charge >= 0.3 is 0 Å². The van der Waals surface area contributed by atoms with Crippen LogP contribution in [0.15, 0.2) is 91.7 Å². The molecule has 0 bridgehead atoms. The second-order valence-corrected chi connectivity index (χ2v) is 6.84. The van der Waals surface area contributed by atoms with E-state index in [0.717, 1.165) is 28.1 Å². The molecule has 152 valence electrons. The predicted molar refractivity (Wildman–Crippen MR) is 120 cm³/mol. The fourth-order valence-corrected chi connectivity index (χ4v) is 3.41. The molecule has 4 aromatic heterocycles. The standard InChI is InChI=1S/C24H16N8/c25-15-19-7-6-18(16-28-19)20-14-22(21-4-3-11-29-30-21)31-32(23-5-1-2-10-27-23)24(20)17-8-12-26-13-9-17/h1-14,16,31H. The van der Waals surface area contributed by atoms with E-state index < -0.39 is 0 Å². The molecule has 1 aliphatic rings. The second kappa shape index (κ2) is 8.45. The van der Waals surface area contributed by atoms with Crippen LogP contribution >= 0.6 is 0 Å². The molecule has 0 unspecified atom stereocenters. The number of pyridine rings is 3. The molecular weight excluding hydrogens is 400 g/mol. The van der Waals surface area contributed by atoms with Gasteiger partial charge in [-0.3, -0.25) is 10.4 Å². The number of nitrogens with one attached hydrogen (secondary N) is 1. The Bertz CT molecular complexity index is 1330. The van der Waals surface area contributed by atoms with Crippen LogP contribution in [0.3, 0.4) is 0 Å². The van der Waals surface area contributed by atoms with Crippen molar-refractivity contribution in [3.63, 3.8) is 0 Å². The van der Waals surface area contributed by atoms with E-state index in [2.05, 4.69) is 36.6 Å². The van der Waals surface area contributed by atoms with E-state index in [-0.39, 0.29) is 0 Å². The van der Waals surface area contributed by atoms with Crippen LogP contribution in [0.5, 0.6) is 0 Å². The summed E-state index contributed by atoms with van der Waals surface area (Å²) in [6, 6.07) is 19.0. The molecule has 8 nitrogen and oxygen atoms in total. The molecule has 4 aromatic rings. The third kappa shape index (κ3) is 3.66.